The molecule has 1 aromatic carbocycles. The molecular weight excluding hydrogens is 248 g/mol. The second kappa shape index (κ2) is 5.95. The van der Waals surface area contributed by atoms with Crippen LogP contribution in [0.4, 0.5) is 8.78 Å². The number of benzene rings is 1. The van der Waals surface area contributed by atoms with Gasteiger partial charge in [-0.15, -0.1) is 0 Å². The Bertz CT molecular complexity index is 497. The molecular formula is C15H17F2NO. The van der Waals surface area contributed by atoms with E-state index >= 15 is 0 Å². The molecule has 1 aliphatic rings. The number of nitrogens with one attached hydrogen (secondary N) is 1. The fourth-order valence-electron chi connectivity index (χ4n) is 2.29. The molecule has 0 saturated carbocycles. The van der Waals surface area contributed by atoms with Crippen LogP contribution < -0.4 is 5.32 Å². The van der Waals surface area contributed by atoms with Crippen molar-refractivity contribution < 1.29 is 13.6 Å². The molecule has 102 valence electrons. The van der Waals surface area contributed by atoms with Crippen molar-refractivity contribution in [3.63, 3.8) is 0 Å². The fourth-order valence-corrected chi connectivity index (χ4v) is 2.29. The first-order valence-corrected chi connectivity index (χ1v) is 6.42. The normalized spacial score (nSPS) is 19.2. The number of allylic oxidation sites excluding steroid dienone is 1. The monoisotopic (exact) mass is 265 g/mol. The maximum Gasteiger partial charge on any atom is 0.263 e. The molecule has 0 spiro atoms. The molecule has 1 atom stereocenters. The van der Waals surface area contributed by atoms with Crippen LogP contribution in [0.2, 0.25) is 0 Å². The Hall–Kier alpha value is -1.71. The minimum Gasteiger partial charge on any atom is -0.346 e. The maximum atomic E-state index is 12.6. The third-order valence-electron chi connectivity index (χ3n) is 3.29. The lowest BCUT2D eigenvalue weighted by Gasteiger charge is -2.20. The molecule has 1 amide bonds. The molecule has 19 heavy (non-hydrogen) atoms. The third-order valence-corrected chi connectivity index (χ3v) is 3.29. The number of amides is 1. The number of hydrogen-bond acceptors (Lipinski definition) is 1. The summed E-state index contributed by atoms with van der Waals surface area (Å²) in [6.07, 6.45) is 2.50. The summed E-state index contributed by atoms with van der Waals surface area (Å²) >= 11 is 0. The lowest BCUT2D eigenvalue weighted by molar-refractivity contribution is 0.0941. The number of alkyl halides is 2. The molecule has 2 rings (SSSR count). The quantitative estimate of drug-likeness (QED) is 0.826. The number of halogens is 2. The van der Waals surface area contributed by atoms with E-state index in [4.69, 9.17) is 0 Å². The highest BCUT2D eigenvalue weighted by Gasteiger charge is 2.16. The van der Waals surface area contributed by atoms with Crippen LogP contribution >= 0.6 is 0 Å². The van der Waals surface area contributed by atoms with Crippen molar-refractivity contribution in [1.29, 1.82) is 0 Å². The van der Waals surface area contributed by atoms with Crippen molar-refractivity contribution >= 4 is 5.91 Å². The zero-order chi connectivity index (χ0) is 13.8. The van der Waals surface area contributed by atoms with E-state index in [-0.39, 0.29) is 23.1 Å². The van der Waals surface area contributed by atoms with Crippen LogP contribution in [0.5, 0.6) is 0 Å². The Kier molecular flexibility index (Phi) is 4.30. The summed E-state index contributed by atoms with van der Waals surface area (Å²) in [5, 5.41) is 2.87. The Morgan fingerprint density at radius 2 is 2.21 bits per heavy atom. The van der Waals surface area contributed by atoms with Crippen LogP contribution in [0, 0.1) is 0 Å². The van der Waals surface area contributed by atoms with Gasteiger partial charge in [0.05, 0.1) is 0 Å². The van der Waals surface area contributed by atoms with E-state index < -0.39 is 6.43 Å². The molecule has 0 aliphatic heterocycles. The van der Waals surface area contributed by atoms with E-state index in [9.17, 15) is 13.6 Å². The van der Waals surface area contributed by atoms with Crippen LogP contribution in [0.3, 0.4) is 0 Å². The Labute approximate surface area is 111 Å². The minimum absolute atomic E-state index is 0.0106. The van der Waals surface area contributed by atoms with Gasteiger partial charge in [-0.1, -0.05) is 23.8 Å². The van der Waals surface area contributed by atoms with Gasteiger partial charge in [-0.25, -0.2) is 8.78 Å². The second-order valence-electron chi connectivity index (χ2n) is 4.91. The molecule has 1 aromatic rings. The standard InChI is InChI=1S/C15H17F2NO/c1-10-4-2-7-13(8-10)18-15(19)12-6-3-5-11(9-12)14(16)17/h3,5-6,8-9,13-14H,2,4,7H2,1H3,(H,18,19). The van der Waals surface area contributed by atoms with E-state index in [0.29, 0.717) is 0 Å². The van der Waals surface area contributed by atoms with Crippen molar-refractivity contribution in [3.05, 3.63) is 47.0 Å². The van der Waals surface area contributed by atoms with Crippen molar-refractivity contribution in [1.82, 2.24) is 5.32 Å². The first kappa shape index (κ1) is 13.7. The second-order valence-corrected chi connectivity index (χ2v) is 4.91. The van der Waals surface area contributed by atoms with Gasteiger partial charge >= 0.3 is 0 Å². The first-order chi connectivity index (χ1) is 9.06. The largest absolute Gasteiger partial charge is 0.346 e. The van der Waals surface area contributed by atoms with E-state index in [1.54, 1.807) is 6.07 Å². The average Bonchev–Trinajstić information content (AvgIpc) is 2.39. The molecule has 4 heteroatoms. The van der Waals surface area contributed by atoms with Gasteiger partial charge in [0.25, 0.3) is 12.3 Å². The van der Waals surface area contributed by atoms with Crippen molar-refractivity contribution in [2.75, 3.05) is 0 Å². The zero-order valence-corrected chi connectivity index (χ0v) is 10.8. The maximum absolute atomic E-state index is 12.6. The summed E-state index contributed by atoms with van der Waals surface area (Å²) in [5.41, 5.74) is 1.43. The minimum atomic E-state index is -2.55. The van der Waals surface area contributed by atoms with E-state index in [2.05, 4.69) is 5.32 Å². The fraction of sp³-hybridized carbons (Fsp3) is 0.400. The van der Waals surface area contributed by atoms with Crippen LogP contribution in [-0.4, -0.2) is 11.9 Å². The van der Waals surface area contributed by atoms with Gasteiger partial charge in [0.1, 0.15) is 0 Å². The van der Waals surface area contributed by atoms with E-state index in [1.165, 1.54) is 23.8 Å². The Morgan fingerprint density at radius 1 is 1.42 bits per heavy atom. The predicted molar refractivity (Wildman–Crippen MR) is 70.3 cm³/mol. The van der Waals surface area contributed by atoms with Crippen LogP contribution in [0.1, 0.15) is 48.5 Å². The number of carbonyl (C=O) groups is 1. The topological polar surface area (TPSA) is 29.1 Å². The number of carbonyl (C=O) groups excluding carboxylic acids is 1. The summed E-state index contributed by atoms with van der Waals surface area (Å²) in [5.74, 6) is -0.293. The lowest BCUT2D eigenvalue weighted by atomic mass is 9.96. The van der Waals surface area contributed by atoms with Gasteiger partial charge in [-0.05, 0) is 38.3 Å². The van der Waals surface area contributed by atoms with Gasteiger partial charge in [0, 0.05) is 17.2 Å². The SMILES string of the molecule is CC1=CC(NC(=O)c2cccc(C(F)F)c2)CCC1. The molecule has 0 bridgehead atoms. The Balaban J connectivity index is 2.07. The van der Waals surface area contributed by atoms with Crippen molar-refractivity contribution in [3.8, 4) is 0 Å². The molecule has 0 aromatic heterocycles. The summed E-state index contributed by atoms with van der Waals surface area (Å²) < 4.78 is 25.2. The summed E-state index contributed by atoms with van der Waals surface area (Å²) in [6, 6.07) is 5.63. The number of rotatable bonds is 3. The highest BCUT2D eigenvalue weighted by atomic mass is 19.3. The molecule has 0 fully saturated rings. The van der Waals surface area contributed by atoms with Gasteiger partial charge < -0.3 is 5.32 Å². The van der Waals surface area contributed by atoms with E-state index in [0.717, 1.165) is 19.3 Å². The zero-order valence-electron chi connectivity index (χ0n) is 10.8. The van der Waals surface area contributed by atoms with Gasteiger partial charge in [0.2, 0.25) is 0 Å². The highest BCUT2D eigenvalue weighted by molar-refractivity contribution is 5.94. The smallest absolute Gasteiger partial charge is 0.263 e. The van der Waals surface area contributed by atoms with Crippen molar-refractivity contribution in [2.45, 2.75) is 38.7 Å². The molecule has 1 aliphatic carbocycles. The van der Waals surface area contributed by atoms with Crippen molar-refractivity contribution in [2.24, 2.45) is 0 Å². The molecule has 1 unspecified atom stereocenters. The Morgan fingerprint density at radius 3 is 2.89 bits per heavy atom. The molecule has 2 nitrogen and oxygen atoms in total. The van der Waals surface area contributed by atoms with E-state index in [1.807, 2.05) is 13.0 Å². The third kappa shape index (κ3) is 3.63. The average molecular weight is 265 g/mol. The van der Waals surface area contributed by atoms with Gasteiger partial charge in [0.15, 0.2) is 0 Å². The molecule has 0 radical (unpaired) electrons. The van der Waals surface area contributed by atoms with Crippen LogP contribution in [0.15, 0.2) is 35.9 Å². The summed E-state index contributed by atoms with van der Waals surface area (Å²) in [6.45, 7) is 2.04. The first-order valence-electron chi connectivity index (χ1n) is 6.42. The van der Waals surface area contributed by atoms with Crippen LogP contribution in [0.25, 0.3) is 0 Å². The summed E-state index contributed by atoms with van der Waals surface area (Å²) in [4.78, 5) is 12.0. The molecule has 0 heterocycles. The van der Waals surface area contributed by atoms with Crippen LogP contribution in [-0.2, 0) is 0 Å². The molecule has 0 saturated heterocycles. The highest BCUT2D eigenvalue weighted by Crippen LogP contribution is 2.20. The summed E-state index contributed by atoms with van der Waals surface area (Å²) in [7, 11) is 0. The predicted octanol–water partition coefficient (Wildman–Crippen LogP) is 3.85. The molecule has 1 N–H and O–H groups in total. The van der Waals surface area contributed by atoms with Gasteiger partial charge in [-0.2, -0.15) is 0 Å². The van der Waals surface area contributed by atoms with Gasteiger partial charge in [-0.3, -0.25) is 4.79 Å². The lowest BCUT2D eigenvalue weighted by Crippen LogP contribution is -2.34. The number of hydrogen-bond donors (Lipinski definition) is 1.